The fourth-order valence-corrected chi connectivity index (χ4v) is 2.62. The average Bonchev–Trinajstić information content (AvgIpc) is 2.46. The van der Waals surface area contributed by atoms with Crippen molar-refractivity contribution in [3.63, 3.8) is 0 Å². The van der Waals surface area contributed by atoms with E-state index < -0.39 is 0 Å². The second-order valence-electron chi connectivity index (χ2n) is 5.35. The maximum atomic E-state index is 6.05. The SMILES string of the molecule is CNc1ncnc(N(C)Cc2cccc(Cl)c2)c1C(C)C. The summed E-state index contributed by atoms with van der Waals surface area (Å²) in [4.78, 5) is 10.9. The number of nitrogens with zero attached hydrogens (tertiary/aromatic N) is 3. The zero-order valence-electron chi connectivity index (χ0n) is 12.9. The molecular formula is C16H21ClN4. The molecule has 21 heavy (non-hydrogen) atoms. The van der Waals surface area contributed by atoms with Gasteiger partial charge in [0.2, 0.25) is 0 Å². The molecule has 0 spiro atoms. The summed E-state index contributed by atoms with van der Waals surface area (Å²) in [5.74, 6) is 2.17. The third kappa shape index (κ3) is 3.64. The van der Waals surface area contributed by atoms with Gasteiger partial charge in [-0.25, -0.2) is 9.97 Å². The molecule has 112 valence electrons. The molecule has 0 saturated heterocycles. The van der Waals surface area contributed by atoms with E-state index >= 15 is 0 Å². The fraction of sp³-hybridized carbons (Fsp3) is 0.375. The normalized spacial score (nSPS) is 10.8. The Bertz CT molecular complexity index is 613. The number of halogens is 1. The van der Waals surface area contributed by atoms with Crippen molar-refractivity contribution in [2.45, 2.75) is 26.3 Å². The van der Waals surface area contributed by atoms with E-state index in [9.17, 15) is 0 Å². The molecule has 0 bridgehead atoms. The fourth-order valence-electron chi connectivity index (χ4n) is 2.41. The quantitative estimate of drug-likeness (QED) is 0.908. The number of aromatic nitrogens is 2. The van der Waals surface area contributed by atoms with E-state index in [4.69, 9.17) is 11.6 Å². The Morgan fingerprint density at radius 1 is 1.29 bits per heavy atom. The first-order chi connectivity index (χ1) is 10.0. The highest BCUT2D eigenvalue weighted by Gasteiger charge is 2.17. The highest BCUT2D eigenvalue weighted by molar-refractivity contribution is 6.30. The lowest BCUT2D eigenvalue weighted by molar-refractivity contribution is 0.810. The molecule has 0 fully saturated rings. The third-order valence-electron chi connectivity index (χ3n) is 3.35. The van der Waals surface area contributed by atoms with Crippen LogP contribution in [0.4, 0.5) is 11.6 Å². The van der Waals surface area contributed by atoms with E-state index in [0.717, 1.165) is 34.3 Å². The molecule has 0 aliphatic heterocycles. The van der Waals surface area contributed by atoms with Gasteiger partial charge in [0.15, 0.2) is 0 Å². The summed E-state index contributed by atoms with van der Waals surface area (Å²) in [5, 5.41) is 3.90. The van der Waals surface area contributed by atoms with Gasteiger partial charge in [0.05, 0.1) is 0 Å². The lowest BCUT2D eigenvalue weighted by atomic mass is 10.0. The number of hydrogen-bond acceptors (Lipinski definition) is 4. The van der Waals surface area contributed by atoms with Gasteiger partial charge in [0.1, 0.15) is 18.0 Å². The molecule has 2 rings (SSSR count). The Morgan fingerprint density at radius 2 is 2.05 bits per heavy atom. The predicted molar refractivity (Wildman–Crippen MR) is 89.2 cm³/mol. The van der Waals surface area contributed by atoms with Gasteiger partial charge in [-0.1, -0.05) is 37.6 Å². The molecule has 1 heterocycles. The van der Waals surface area contributed by atoms with Crippen molar-refractivity contribution in [1.29, 1.82) is 0 Å². The van der Waals surface area contributed by atoms with Crippen molar-refractivity contribution in [3.05, 3.63) is 46.7 Å². The summed E-state index contributed by atoms with van der Waals surface area (Å²) in [5.41, 5.74) is 2.29. The van der Waals surface area contributed by atoms with E-state index in [2.05, 4.69) is 40.1 Å². The van der Waals surface area contributed by atoms with Gasteiger partial charge < -0.3 is 10.2 Å². The van der Waals surface area contributed by atoms with Crippen LogP contribution in [0, 0.1) is 0 Å². The summed E-state index contributed by atoms with van der Waals surface area (Å²) >= 11 is 6.05. The smallest absolute Gasteiger partial charge is 0.137 e. The van der Waals surface area contributed by atoms with Crippen LogP contribution in [0.25, 0.3) is 0 Å². The topological polar surface area (TPSA) is 41.1 Å². The van der Waals surface area contributed by atoms with Crippen LogP contribution in [0.5, 0.6) is 0 Å². The van der Waals surface area contributed by atoms with Gasteiger partial charge in [-0.05, 0) is 23.6 Å². The van der Waals surface area contributed by atoms with Gasteiger partial charge in [-0.2, -0.15) is 0 Å². The Balaban J connectivity index is 2.32. The summed E-state index contributed by atoms with van der Waals surface area (Å²) in [6, 6.07) is 7.90. The van der Waals surface area contributed by atoms with Crippen LogP contribution in [-0.2, 0) is 6.54 Å². The van der Waals surface area contributed by atoms with Crippen molar-refractivity contribution < 1.29 is 0 Å². The monoisotopic (exact) mass is 304 g/mol. The van der Waals surface area contributed by atoms with Crippen molar-refractivity contribution in [1.82, 2.24) is 9.97 Å². The molecule has 5 heteroatoms. The molecule has 0 amide bonds. The summed E-state index contributed by atoms with van der Waals surface area (Å²) in [6.45, 7) is 5.05. The van der Waals surface area contributed by atoms with Crippen LogP contribution in [0.1, 0.15) is 30.9 Å². The molecule has 1 aromatic carbocycles. The molecule has 0 aliphatic carbocycles. The minimum absolute atomic E-state index is 0.338. The first-order valence-corrected chi connectivity index (χ1v) is 7.39. The van der Waals surface area contributed by atoms with Gasteiger partial charge in [0, 0.05) is 31.2 Å². The Kier molecular flexibility index (Phi) is 5.02. The van der Waals surface area contributed by atoms with Crippen molar-refractivity contribution in [2.75, 3.05) is 24.3 Å². The third-order valence-corrected chi connectivity index (χ3v) is 3.58. The van der Waals surface area contributed by atoms with E-state index in [-0.39, 0.29) is 0 Å². The molecule has 2 aromatic rings. The van der Waals surface area contributed by atoms with Crippen molar-refractivity contribution >= 4 is 23.2 Å². The minimum atomic E-state index is 0.338. The molecule has 4 nitrogen and oxygen atoms in total. The Labute approximate surface area is 131 Å². The Morgan fingerprint density at radius 3 is 2.67 bits per heavy atom. The zero-order valence-corrected chi connectivity index (χ0v) is 13.6. The number of hydrogen-bond donors (Lipinski definition) is 1. The summed E-state index contributed by atoms with van der Waals surface area (Å²) < 4.78 is 0. The largest absolute Gasteiger partial charge is 0.373 e. The maximum Gasteiger partial charge on any atom is 0.137 e. The van der Waals surface area contributed by atoms with E-state index in [1.165, 1.54) is 0 Å². The molecule has 0 radical (unpaired) electrons. The van der Waals surface area contributed by atoms with Crippen molar-refractivity contribution in [3.8, 4) is 0 Å². The van der Waals surface area contributed by atoms with Crippen LogP contribution in [0.2, 0.25) is 5.02 Å². The van der Waals surface area contributed by atoms with Crippen LogP contribution in [-0.4, -0.2) is 24.1 Å². The van der Waals surface area contributed by atoms with Gasteiger partial charge in [0.25, 0.3) is 0 Å². The number of anilines is 2. The first kappa shape index (κ1) is 15.6. The zero-order chi connectivity index (χ0) is 15.4. The maximum absolute atomic E-state index is 6.05. The lowest BCUT2D eigenvalue weighted by Crippen LogP contribution is -2.21. The van der Waals surface area contributed by atoms with E-state index in [0.29, 0.717) is 5.92 Å². The van der Waals surface area contributed by atoms with E-state index in [1.54, 1.807) is 6.33 Å². The molecule has 0 atom stereocenters. The number of rotatable bonds is 5. The number of benzene rings is 1. The van der Waals surface area contributed by atoms with Gasteiger partial charge in [-0.3, -0.25) is 0 Å². The summed E-state index contributed by atoms with van der Waals surface area (Å²) in [7, 11) is 3.92. The highest BCUT2D eigenvalue weighted by atomic mass is 35.5. The molecule has 1 N–H and O–H groups in total. The van der Waals surface area contributed by atoms with Crippen LogP contribution in [0.3, 0.4) is 0 Å². The van der Waals surface area contributed by atoms with Gasteiger partial charge in [-0.15, -0.1) is 0 Å². The molecule has 0 aliphatic rings. The Hall–Kier alpha value is -1.81. The van der Waals surface area contributed by atoms with Crippen LogP contribution >= 0.6 is 11.6 Å². The van der Waals surface area contributed by atoms with Crippen molar-refractivity contribution in [2.24, 2.45) is 0 Å². The predicted octanol–water partition coefficient (Wildman–Crippen LogP) is 3.93. The lowest BCUT2D eigenvalue weighted by Gasteiger charge is -2.24. The second kappa shape index (κ2) is 6.76. The highest BCUT2D eigenvalue weighted by Crippen LogP contribution is 2.30. The molecule has 1 aromatic heterocycles. The number of nitrogens with one attached hydrogen (secondary N) is 1. The van der Waals surface area contributed by atoms with E-state index in [1.807, 2.05) is 32.3 Å². The standard InChI is InChI=1S/C16H21ClN4/c1-11(2)14-15(18-3)19-10-20-16(14)21(4)9-12-6-5-7-13(17)8-12/h5-8,10-11H,9H2,1-4H3,(H,18,19,20). The first-order valence-electron chi connectivity index (χ1n) is 7.01. The second-order valence-corrected chi connectivity index (χ2v) is 5.79. The minimum Gasteiger partial charge on any atom is -0.373 e. The molecule has 0 saturated carbocycles. The molecular weight excluding hydrogens is 284 g/mol. The molecule has 0 unspecified atom stereocenters. The summed E-state index contributed by atoms with van der Waals surface area (Å²) in [6.07, 6.45) is 1.60. The van der Waals surface area contributed by atoms with Crippen LogP contribution < -0.4 is 10.2 Å². The average molecular weight is 305 g/mol. The van der Waals surface area contributed by atoms with Gasteiger partial charge >= 0.3 is 0 Å². The van der Waals surface area contributed by atoms with Crippen LogP contribution in [0.15, 0.2) is 30.6 Å².